The van der Waals surface area contributed by atoms with E-state index in [1.807, 2.05) is 27.9 Å². The Morgan fingerprint density at radius 3 is 2.76 bits per heavy atom. The molecule has 0 bridgehead atoms. The molecule has 5 nitrogen and oxygen atoms in total. The van der Waals surface area contributed by atoms with Crippen LogP contribution < -0.4 is 10.6 Å². The highest BCUT2D eigenvalue weighted by Crippen LogP contribution is 2.21. The number of ether oxygens (including phenoxy) is 1. The minimum atomic E-state index is 0.383. The second-order valence-electron chi connectivity index (χ2n) is 3.89. The smallest absolute Gasteiger partial charge is 0.136 e. The van der Waals surface area contributed by atoms with Crippen molar-refractivity contribution in [1.29, 1.82) is 0 Å². The fourth-order valence-corrected chi connectivity index (χ4v) is 2.06. The summed E-state index contributed by atoms with van der Waals surface area (Å²) < 4.78 is 7.14. The Kier molecular flexibility index (Phi) is 4.89. The van der Waals surface area contributed by atoms with Crippen LogP contribution in [0.15, 0.2) is 0 Å². The molecule has 0 atom stereocenters. The van der Waals surface area contributed by atoms with Crippen molar-refractivity contribution in [2.75, 3.05) is 31.7 Å². The molecule has 1 rings (SSSR count). The number of rotatable bonds is 6. The quantitative estimate of drug-likeness (QED) is 0.603. The molecule has 0 saturated heterocycles. The third-order valence-electron chi connectivity index (χ3n) is 2.58. The third-order valence-corrected chi connectivity index (χ3v) is 2.78. The summed E-state index contributed by atoms with van der Waals surface area (Å²) in [6, 6.07) is 0. The van der Waals surface area contributed by atoms with E-state index in [1.165, 1.54) is 0 Å². The molecule has 0 spiro atoms. The summed E-state index contributed by atoms with van der Waals surface area (Å²) in [4.78, 5) is 2.44. The average Bonchev–Trinajstić information content (AvgIpc) is 2.53. The van der Waals surface area contributed by atoms with Gasteiger partial charge >= 0.3 is 0 Å². The molecule has 0 amide bonds. The fourth-order valence-electron chi connectivity index (χ4n) is 1.82. The van der Waals surface area contributed by atoms with Gasteiger partial charge in [-0.2, -0.15) is 5.10 Å². The number of nitrogens with zero attached hydrogens (tertiary/aromatic N) is 3. The predicted octanol–water partition coefficient (Wildman–Crippen LogP) is 0.835. The van der Waals surface area contributed by atoms with Crippen molar-refractivity contribution in [1.82, 2.24) is 9.78 Å². The fraction of sp³-hybridized carbons (Fsp3) is 0.636. The lowest BCUT2D eigenvalue weighted by Crippen LogP contribution is -2.27. The van der Waals surface area contributed by atoms with Crippen molar-refractivity contribution in [2.24, 2.45) is 12.8 Å². The van der Waals surface area contributed by atoms with Crippen LogP contribution in [0.5, 0.6) is 0 Å². The number of hydrogen-bond acceptors (Lipinski definition) is 4. The van der Waals surface area contributed by atoms with E-state index in [9.17, 15) is 0 Å². The molecule has 0 aliphatic heterocycles. The molecular formula is C11H20N4OS. The van der Waals surface area contributed by atoms with Crippen LogP contribution in [0.2, 0.25) is 0 Å². The van der Waals surface area contributed by atoms with Gasteiger partial charge in [-0.25, -0.2) is 0 Å². The Balaban J connectivity index is 2.92. The topological polar surface area (TPSA) is 56.3 Å². The van der Waals surface area contributed by atoms with Crippen molar-refractivity contribution >= 4 is 23.0 Å². The minimum absolute atomic E-state index is 0.383. The number of thiocarbonyl (C=S) groups is 1. The molecule has 0 unspecified atom stereocenters. The largest absolute Gasteiger partial charge is 0.389 e. The van der Waals surface area contributed by atoms with Crippen molar-refractivity contribution < 1.29 is 4.74 Å². The van der Waals surface area contributed by atoms with Gasteiger partial charge < -0.3 is 15.4 Å². The second kappa shape index (κ2) is 5.97. The molecule has 0 aromatic carbocycles. The van der Waals surface area contributed by atoms with Crippen molar-refractivity contribution in [2.45, 2.75) is 13.8 Å². The molecular weight excluding hydrogens is 236 g/mol. The Bertz CT molecular complexity index is 402. The van der Waals surface area contributed by atoms with Gasteiger partial charge in [-0.3, -0.25) is 4.68 Å². The Morgan fingerprint density at radius 2 is 2.24 bits per heavy atom. The average molecular weight is 256 g/mol. The molecule has 0 aliphatic carbocycles. The van der Waals surface area contributed by atoms with Gasteiger partial charge in [0.1, 0.15) is 10.8 Å². The normalized spacial score (nSPS) is 10.6. The molecule has 0 fully saturated rings. The van der Waals surface area contributed by atoms with Gasteiger partial charge in [0.25, 0.3) is 0 Å². The van der Waals surface area contributed by atoms with E-state index in [0.29, 0.717) is 11.6 Å². The Labute approximate surface area is 108 Å². The van der Waals surface area contributed by atoms with E-state index in [4.69, 9.17) is 22.7 Å². The monoisotopic (exact) mass is 256 g/mol. The van der Waals surface area contributed by atoms with Crippen LogP contribution >= 0.6 is 12.2 Å². The van der Waals surface area contributed by atoms with E-state index in [1.54, 1.807) is 4.68 Å². The lowest BCUT2D eigenvalue weighted by Gasteiger charge is -2.20. The molecule has 1 aromatic heterocycles. The summed E-state index contributed by atoms with van der Waals surface area (Å²) >= 11 is 5.07. The molecule has 17 heavy (non-hydrogen) atoms. The SMILES string of the molecule is CCOCCN(C)c1c(C(N)=S)c(C)nn1C. The van der Waals surface area contributed by atoms with Crippen LogP contribution in [0.3, 0.4) is 0 Å². The van der Waals surface area contributed by atoms with Gasteiger partial charge in [0.05, 0.1) is 17.9 Å². The molecule has 6 heteroatoms. The highest BCUT2D eigenvalue weighted by Gasteiger charge is 2.18. The maximum absolute atomic E-state index is 5.74. The molecule has 0 aliphatic rings. The second-order valence-corrected chi connectivity index (χ2v) is 4.33. The summed E-state index contributed by atoms with van der Waals surface area (Å²) in [7, 11) is 3.87. The zero-order valence-electron chi connectivity index (χ0n) is 10.9. The van der Waals surface area contributed by atoms with Crippen LogP contribution in [0.4, 0.5) is 5.82 Å². The van der Waals surface area contributed by atoms with Crippen LogP contribution in [0.25, 0.3) is 0 Å². The molecule has 1 heterocycles. The zero-order chi connectivity index (χ0) is 13.0. The Hall–Kier alpha value is -1.14. The highest BCUT2D eigenvalue weighted by molar-refractivity contribution is 7.80. The van der Waals surface area contributed by atoms with Gasteiger partial charge in [0.2, 0.25) is 0 Å². The van der Waals surface area contributed by atoms with E-state index >= 15 is 0 Å². The van der Waals surface area contributed by atoms with Gasteiger partial charge in [-0.05, 0) is 13.8 Å². The van der Waals surface area contributed by atoms with Crippen molar-refractivity contribution in [3.63, 3.8) is 0 Å². The molecule has 2 N–H and O–H groups in total. The number of anilines is 1. The summed E-state index contributed by atoms with van der Waals surface area (Å²) in [5.74, 6) is 0.940. The first-order valence-electron chi connectivity index (χ1n) is 5.61. The zero-order valence-corrected chi connectivity index (χ0v) is 11.7. The van der Waals surface area contributed by atoms with Gasteiger partial charge in [0, 0.05) is 27.2 Å². The lowest BCUT2D eigenvalue weighted by molar-refractivity contribution is 0.154. The molecule has 0 saturated carbocycles. The van der Waals surface area contributed by atoms with Crippen LogP contribution in [-0.4, -0.2) is 41.6 Å². The maximum Gasteiger partial charge on any atom is 0.136 e. The maximum atomic E-state index is 5.74. The highest BCUT2D eigenvalue weighted by atomic mass is 32.1. The van der Waals surface area contributed by atoms with Crippen LogP contribution in [0.1, 0.15) is 18.2 Å². The summed E-state index contributed by atoms with van der Waals surface area (Å²) in [6.45, 7) is 6.07. The number of nitrogens with two attached hydrogens (primary N) is 1. The molecule has 0 radical (unpaired) electrons. The molecule has 1 aromatic rings. The van der Waals surface area contributed by atoms with E-state index < -0.39 is 0 Å². The molecule has 96 valence electrons. The van der Waals surface area contributed by atoms with E-state index in [2.05, 4.69) is 10.00 Å². The first-order valence-corrected chi connectivity index (χ1v) is 6.02. The summed E-state index contributed by atoms with van der Waals surface area (Å²) in [6.07, 6.45) is 0. The van der Waals surface area contributed by atoms with E-state index in [0.717, 1.165) is 30.2 Å². The standard InChI is InChI=1S/C11H20N4OS/c1-5-16-7-6-14(3)11-9(10(12)17)8(2)13-15(11)4/h5-7H2,1-4H3,(H2,12,17). The van der Waals surface area contributed by atoms with Gasteiger partial charge in [-0.15, -0.1) is 0 Å². The predicted molar refractivity (Wildman–Crippen MR) is 73.6 cm³/mol. The first kappa shape index (κ1) is 13.9. The van der Waals surface area contributed by atoms with Crippen molar-refractivity contribution in [3.05, 3.63) is 11.3 Å². The van der Waals surface area contributed by atoms with Gasteiger partial charge in [-0.1, -0.05) is 12.2 Å². The summed E-state index contributed by atoms with van der Waals surface area (Å²) in [5.41, 5.74) is 7.45. The number of hydrogen-bond donors (Lipinski definition) is 1. The van der Waals surface area contributed by atoms with Gasteiger partial charge in [0.15, 0.2) is 0 Å². The van der Waals surface area contributed by atoms with Crippen LogP contribution in [0, 0.1) is 6.92 Å². The first-order chi connectivity index (χ1) is 7.99. The number of aromatic nitrogens is 2. The lowest BCUT2D eigenvalue weighted by atomic mass is 10.2. The number of likely N-dealkylation sites (N-methyl/N-ethyl adjacent to an activating group) is 1. The minimum Gasteiger partial charge on any atom is -0.389 e. The summed E-state index contributed by atoms with van der Waals surface area (Å²) in [5, 5.41) is 4.35. The van der Waals surface area contributed by atoms with Crippen LogP contribution in [-0.2, 0) is 11.8 Å². The van der Waals surface area contributed by atoms with E-state index in [-0.39, 0.29) is 0 Å². The number of aryl methyl sites for hydroxylation is 2. The Morgan fingerprint density at radius 1 is 1.59 bits per heavy atom. The third kappa shape index (κ3) is 3.17. The van der Waals surface area contributed by atoms with Crippen molar-refractivity contribution in [3.8, 4) is 0 Å².